The van der Waals surface area contributed by atoms with E-state index in [1.807, 2.05) is 6.92 Å². The van der Waals surface area contributed by atoms with E-state index >= 15 is 0 Å². The highest BCUT2D eigenvalue weighted by atomic mass is 35.5. The zero-order valence-corrected chi connectivity index (χ0v) is 13.8. The number of rotatable bonds is 1. The Balaban J connectivity index is 0.00000200. The predicted octanol–water partition coefficient (Wildman–Crippen LogP) is 0.960. The largest absolute Gasteiger partial charge is 0.337 e. The molecule has 1 saturated carbocycles. The zero-order chi connectivity index (χ0) is 14.2. The Morgan fingerprint density at radius 2 is 1.90 bits per heavy atom. The lowest BCUT2D eigenvalue weighted by Crippen LogP contribution is -2.56. The summed E-state index contributed by atoms with van der Waals surface area (Å²) in [4.78, 5) is 14.3. The van der Waals surface area contributed by atoms with Gasteiger partial charge in [0.15, 0.2) is 9.84 Å². The molecule has 2 rings (SSSR count). The van der Waals surface area contributed by atoms with Gasteiger partial charge in [-0.1, -0.05) is 6.42 Å². The Labute approximate surface area is 127 Å². The van der Waals surface area contributed by atoms with Gasteiger partial charge in [0.25, 0.3) is 0 Å². The molecule has 1 saturated heterocycles. The molecule has 4 atom stereocenters. The van der Waals surface area contributed by atoms with Crippen LogP contribution in [0.4, 0.5) is 0 Å². The van der Waals surface area contributed by atoms with Gasteiger partial charge < -0.3 is 10.6 Å². The van der Waals surface area contributed by atoms with E-state index in [2.05, 4.69) is 0 Å². The van der Waals surface area contributed by atoms with Gasteiger partial charge in [0.1, 0.15) is 0 Å². The molecule has 1 heterocycles. The van der Waals surface area contributed by atoms with Gasteiger partial charge in [-0.2, -0.15) is 0 Å². The molecular weight excluding hydrogens is 300 g/mol. The molecule has 0 aromatic carbocycles. The van der Waals surface area contributed by atoms with Crippen molar-refractivity contribution in [3.8, 4) is 0 Å². The standard InChI is InChI=1S/C13H24N2O3S.ClH/c1-9-10(2)19(17,18)7-6-15(9)13(16)11-4-3-5-12(14)8-11;/h9-12H,3-8,14H2,1-2H3;1H. The number of amides is 1. The maximum Gasteiger partial charge on any atom is 0.226 e. The minimum absolute atomic E-state index is 0. The van der Waals surface area contributed by atoms with E-state index in [1.165, 1.54) is 0 Å². The van der Waals surface area contributed by atoms with Crippen LogP contribution >= 0.6 is 12.4 Å². The highest BCUT2D eigenvalue weighted by Gasteiger charge is 2.40. The van der Waals surface area contributed by atoms with Gasteiger partial charge in [0.05, 0.1) is 11.0 Å². The summed E-state index contributed by atoms with van der Waals surface area (Å²) in [5.41, 5.74) is 5.93. The summed E-state index contributed by atoms with van der Waals surface area (Å²) in [6.07, 6.45) is 3.61. The summed E-state index contributed by atoms with van der Waals surface area (Å²) in [6, 6.07) is -0.117. The third-order valence-corrected chi connectivity index (χ3v) is 6.98. The van der Waals surface area contributed by atoms with E-state index in [0.717, 1.165) is 25.7 Å². The molecule has 4 unspecified atom stereocenters. The quantitative estimate of drug-likeness (QED) is 0.779. The van der Waals surface area contributed by atoms with Crippen LogP contribution in [0, 0.1) is 5.92 Å². The van der Waals surface area contributed by atoms with Crippen LogP contribution in [0.5, 0.6) is 0 Å². The minimum atomic E-state index is -3.04. The lowest BCUT2D eigenvalue weighted by molar-refractivity contribution is -0.138. The van der Waals surface area contributed by atoms with E-state index in [0.29, 0.717) is 6.54 Å². The molecule has 0 radical (unpaired) electrons. The number of sulfone groups is 1. The fraction of sp³-hybridized carbons (Fsp3) is 0.923. The van der Waals surface area contributed by atoms with Crippen molar-refractivity contribution < 1.29 is 13.2 Å². The van der Waals surface area contributed by atoms with Gasteiger partial charge in [0.2, 0.25) is 5.91 Å². The molecule has 2 aliphatic rings. The third-order valence-electron chi connectivity index (χ3n) is 4.70. The number of nitrogens with two attached hydrogens (primary N) is 1. The summed E-state index contributed by atoms with van der Waals surface area (Å²) in [5.74, 6) is 0.173. The van der Waals surface area contributed by atoms with Crippen molar-refractivity contribution in [2.24, 2.45) is 11.7 Å². The summed E-state index contributed by atoms with van der Waals surface area (Å²) < 4.78 is 23.7. The van der Waals surface area contributed by atoms with E-state index in [9.17, 15) is 13.2 Å². The van der Waals surface area contributed by atoms with E-state index in [-0.39, 0.29) is 42.1 Å². The molecule has 1 aliphatic heterocycles. The van der Waals surface area contributed by atoms with Crippen LogP contribution in [0.3, 0.4) is 0 Å². The van der Waals surface area contributed by atoms with Crippen molar-refractivity contribution in [2.75, 3.05) is 12.3 Å². The number of hydrogen-bond donors (Lipinski definition) is 1. The molecule has 118 valence electrons. The number of nitrogens with zero attached hydrogens (tertiary/aromatic N) is 1. The average molecular weight is 325 g/mol. The molecule has 1 amide bonds. The molecule has 0 aromatic rings. The van der Waals surface area contributed by atoms with Gasteiger partial charge in [-0.3, -0.25) is 4.79 Å². The van der Waals surface area contributed by atoms with Crippen LogP contribution in [0.25, 0.3) is 0 Å². The molecule has 0 aromatic heterocycles. The van der Waals surface area contributed by atoms with Crippen LogP contribution in [0.2, 0.25) is 0 Å². The van der Waals surface area contributed by atoms with Gasteiger partial charge in [0, 0.05) is 24.5 Å². The first-order valence-corrected chi connectivity index (χ1v) is 8.82. The van der Waals surface area contributed by atoms with E-state index in [4.69, 9.17) is 5.73 Å². The molecule has 1 aliphatic carbocycles. The first-order valence-electron chi connectivity index (χ1n) is 7.10. The molecule has 20 heavy (non-hydrogen) atoms. The van der Waals surface area contributed by atoms with Gasteiger partial charge >= 0.3 is 0 Å². The second-order valence-electron chi connectivity index (χ2n) is 5.97. The Morgan fingerprint density at radius 3 is 2.50 bits per heavy atom. The molecule has 0 spiro atoms. The zero-order valence-electron chi connectivity index (χ0n) is 12.1. The molecular formula is C13H25ClN2O3S. The monoisotopic (exact) mass is 324 g/mol. The Kier molecular flexibility index (Phi) is 5.87. The number of carbonyl (C=O) groups excluding carboxylic acids is 1. The summed E-state index contributed by atoms with van der Waals surface area (Å²) >= 11 is 0. The first kappa shape index (κ1) is 17.7. The molecule has 5 nitrogen and oxygen atoms in total. The highest BCUT2D eigenvalue weighted by Crippen LogP contribution is 2.28. The van der Waals surface area contributed by atoms with Crippen LogP contribution in [-0.4, -0.2) is 48.9 Å². The van der Waals surface area contributed by atoms with Crippen LogP contribution < -0.4 is 5.73 Å². The van der Waals surface area contributed by atoms with Crippen molar-refractivity contribution in [2.45, 2.75) is 56.9 Å². The summed E-state index contributed by atoms with van der Waals surface area (Å²) in [6.45, 7) is 3.87. The second-order valence-corrected chi connectivity index (χ2v) is 8.45. The fourth-order valence-electron chi connectivity index (χ4n) is 3.17. The maximum atomic E-state index is 12.5. The van der Waals surface area contributed by atoms with Crippen molar-refractivity contribution in [1.82, 2.24) is 4.90 Å². The van der Waals surface area contributed by atoms with Crippen LogP contribution in [-0.2, 0) is 14.6 Å². The van der Waals surface area contributed by atoms with Crippen molar-refractivity contribution in [3.63, 3.8) is 0 Å². The first-order chi connectivity index (χ1) is 8.83. The fourth-order valence-corrected chi connectivity index (χ4v) is 4.74. The Bertz CT molecular complexity index is 455. The van der Waals surface area contributed by atoms with Crippen LogP contribution in [0.1, 0.15) is 39.5 Å². The lowest BCUT2D eigenvalue weighted by Gasteiger charge is -2.40. The van der Waals surface area contributed by atoms with Crippen molar-refractivity contribution in [1.29, 1.82) is 0 Å². The molecule has 7 heteroatoms. The normalized spacial score (nSPS) is 37.0. The molecule has 2 N–H and O–H groups in total. The summed E-state index contributed by atoms with van der Waals surface area (Å²) in [7, 11) is -3.04. The average Bonchev–Trinajstić information content (AvgIpc) is 2.36. The minimum Gasteiger partial charge on any atom is -0.337 e. The topological polar surface area (TPSA) is 80.5 Å². The third kappa shape index (κ3) is 3.46. The SMILES string of the molecule is CC1C(C)S(=O)(=O)CCN1C(=O)C1CCCC(N)C1.Cl. The molecule has 0 bridgehead atoms. The van der Waals surface area contributed by atoms with Gasteiger partial charge in [-0.25, -0.2) is 8.42 Å². The smallest absolute Gasteiger partial charge is 0.226 e. The number of halogens is 1. The highest BCUT2D eigenvalue weighted by molar-refractivity contribution is 7.92. The lowest BCUT2D eigenvalue weighted by atomic mass is 9.85. The number of carbonyl (C=O) groups is 1. The van der Waals surface area contributed by atoms with Crippen molar-refractivity contribution in [3.05, 3.63) is 0 Å². The second kappa shape index (κ2) is 6.62. The summed E-state index contributed by atoms with van der Waals surface area (Å²) in [5, 5.41) is -0.470. The Morgan fingerprint density at radius 1 is 1.25 bits per heavy atom. The van der Waals surface area contributed by atoms with Crippen molar-refractivity contribution >= 4 is 28.2 Å². The van der Waals surface area contributed by atoms with Gasteiger partial charge in [-0.05, 0) is 33.1 Å². The molecule has 2 fully saturated rings. The van der Waals surface area contributed by atoms with E-state index in [1.54, 1.807) is 11.8 Å². The number of hydrogen-bond acceptors (Lipinski definition) is 4. The predicted molar refractivity (Wildman–Crippen MR) is 81.6 cm³/mol. The van der Waals surface area contributed by atoms with Gasteiger partial charge in [-0.15, -0.1) is 12.4 Å². The van der Waals surface area contributed by atoms with E-state index < -0.39 is 15.1 Å². The van der Waals surface area contributed by atoms with Crippen LogP contribution in [0.15, 0.2) is 0 Å². The maximum absolute atomic E-state index is 12.5. The Hall–Kier alpha value is -0.330.